The number of esters is 1. The quantitative estimate of drug-likeness (QED) is 0.176. The largest absolute Gasteiger partial charge is 0.493 e. The third-order valence-electron chi connectivity index (χ3n) is 5.96. The van der Waals surface area contributed by atoms with Crippen LogP contribution in [0, 0.1) is 0 Å². The Morgan fingerprint density at radius 3 is 2.65 bits per heavy atom. The van der Waals surface area contributed by atoms with E-state index < -0.39 is 6.04 Å². The highest BCUT2D eigenvalue weighted by atomic mass is 32.2. The van der Waals surface area contributed by atoms with Crippen molar-refractivity contribution in [3.63, 3.8) is 0 Å². The zero-order valence-corrected chi connectivity index (χ0v) is 22.6. The van der Waals surface area contributed by atoms with Gasteiger partial charge < -0.3 is 19.5 Å². The van der Waals surface area contributed by atoms with Gasteiger partial charge in [0.2, 0.25) is 11.1 Å². The Balaban J connectivity index is 1.69. The van der Waals surface area contributed by atoms with Crippen molar-refractivity contribution < 1.29 is 19.0 Å². The van der Waals surface area contributed by atoms with E-state index in [1.54, 1.807) is 23.6 Å². The first-order valence-corrected chi connectivity index (χ1v) is 13.6. The van der Waals surface area contributed by atoms with Gasteiger partial charge >= 0.3 is 5.97 Å². The molecule has 1 atom stereocenters. The van der Waals surface area contributed by atoms with E-state index in [2.05, 4.69) is 24.1 Å². The number of nitrogens with one attached hydrogen (secondary N) is 1. The van der Waals surface area contributed by atoms with Crippen molar-refractivity contribution in [2.75, 3.05) is 24.8 Å². The number of aromatic nitrogens is 3. The lowest BCUT2D eigenvalue weighted by Crippen LogP contribution is -2.29. The second-order valence-electron chi connectivity index (χ2n) is 8.75. The number of benzene rings is 2. The maximum atomic E-state index is 13.3. The fourth-order valence-electron chi connectivity index (χ4n) is 4.05. The average Bonchev–Trinajstić information content (AvgIpc) is 3.32. The van der Waals surface area contributed by atoms with Crippen LogP contribution in [0.15, 0.2) is 65.0 Å². The molecular weight excluding hydrogens is 488 g/mol. The molecule has 0 aliphatic carbocycles. The Labute approximate surface area is 222 Å². The number of rotatable bonds is 12. The van der Waals surface area contributed by atoms with E-state index >= 15 is 0 Å². The van der Waals surface area contributed by atoms with Gasteiger partial charge in [-0.05, 0) is 43.0 Å². The van der Waals surface area contributed by atoms with Crippen molar-refractivity contribution >= 4 is 23.7 Å². The molecule has 4 rings (SSSR count). The van der Waals surface area contributed by atoms with E-state index in [4.69, 9.17) is 19.3 Å². The first-order chi connectivity index (χ1) is 18.0. The third kappa shape index (κ3) is 6.28. The molecule has 2 aromatic carbocycles. The topological polar surface area (TPSA) is 87.5 Å². The smallest absolute Gasteiger partial charge is 0.338 e. The van der Waals surface area contributed by atoms with E-state index in [0.717, 1.165) is 36.1 Å². The van der Waals surface area contributed by atoms with Crippen LogP contribution in [0.2, 0.25) is 0 Å². The number of unbranched alkanes of at least 4 members (excludes halogenated alkanes) is 1. The minimum Gasteiger partial charge on any atom is -0.493 e. The summed E-state index contributed by atoms with van der Waals surface area (Å²) in [6.07, 6.45) is 2.77. The van der Waals surface area contributed by atoms with Crippen molar-refractivity contribution in [1.82, 2.24) is 14.8 Å². The van der Waals surface area contributed by atoms with Gasteiger partial charge in [-0.25, -0.2) is 9.48 Å². The van der Waals surface area contributed by atoms with Gasteiger partial charge in [0.15, 0.2) is 11.5 Å². The Kier molecular flexibility index (Phi) is 9.11. The molecule has 1 aromatic heterocycles. The second kappa shape index (κ2) is 12.7. The second-order valence-corrected chi connectivity index (χ2v) is 9.81. The van der Waals surface area contributed by atoms with Gasteiger partial charge in [0.25, 0.3) is 0 Å². The summed E-state index contributed by atoms with van der Waals surface area (Å²) in [4.78, 5) is 18.0. The summed E-state index contributed by atoms with van der Waals surface area (Å²) < 4.78 is 19.2. The van der Waals surface area contributed by atoms with Crippen LogP contribution in [-0.2, 0) is 16.1 Å². The number of anilines is 1. The van der Waals surface area contributed by atoms with Crippen LogP contribution < -0.4 is 14.8 Å². The number of methoxy groups -OCH3 is 1. The average molecular weight is 523 g/mol. The number of carbonyl (C=O) groups excluding carboxylic acids is 1. The zero-order valence-electron chi connectivity index (χ0n) is 21.8. The number of fused-ring (bicyclic) bond motifs is 1. The Bertz CT molecular complexity index is 1240. The highest BCUT2D eigenvalue weighted by Crippen LogP contribution is 2.40. The van der Waals surface area contributed by atoms with E-state index in [1.165, 1.54) is 0 Å². The molecule has 0 amide bonds. The molecule has 196 valence electrons. The summed E-state index contributed by atoms with van der Waals surface area (Å²) >= 11 is 1.59. The Hall–Kier alpha value is -3.46. The summed E-state index contributed by atoms with van der Waals surface area (Å²) in [6, 6.07) is 15.2. The van der Waals surface area contributed by atoms with Gasteiger partial charge in [0, 0.05) is 11.4 Å². The molecular formula is C28H34N4O4S. The van der Waals surface area contributed by atoms with E-state index in [9.17, 15) is 4.79 Å². The van der Waals surface area contributed by atoms with Crippen LogP contribution in [0.25, 0.3) is 0 Å². The molecule has 2 heterocycles. The molecule has 0 fully saturated rings. The lowest BCUT2D eigenvalue weighted by atomic mass is 9.95. The normalized spacial score (nSPS) is 14.6. The monoisotopic (exact) mass is 522 g/mol. The lowest BCUT2D eigenvalue weighted by molar-refractivity contribution is -0.139. The maximum absolute atomic E-state index is 13.3. The molecule has 37 heavy (non-hydrogen) atoms. The minimum atomic E-state index is -0.522. The summed E-state index contributed by atoms with van der Waals surface area (Å²) in [6.45, 7) is 6.84. The highest BCUT2D eigenvalue weighted by molar-refractivity contribution is 7.99. The van der Waals surface area contributed by atoms with Crippen LogP contribution in [0.3, 0.4) is 0 Å². The molecule has 9 heteroatoms. The van der Waals surface area contributed by atoms with Gasteiger partial charge in [0.1, 0.15) is 12.6 Å². The van der Waals surface area contributed by atoms with Crippen molar-refractivity contribution in [2.45, 2.75) is 57.8 Å². The van der Waals surface area contributed by atoms with Crippen LogP contribution >= 0.6 is 11.8 Å². The van der Waals surface area contributed by atoms with E-state index in [-0.39, 0.29) is 5.97 Å². The maximum Gasteiger partial charge on any atom is 0.338 e. The fourth-order valence-corrected chi connectivity index (χ4v) is 4.74. The van der Waals surface area contributed by atoms with E-state index in [1.807, 2.05) is 55.5 Å². The van der Waals surface area contributed by atoms with Gasteiger partial charge in [-0.2, -0.15) is 4.98 Å². The number of carbonyl (C=O) groups is 1. The molecule has 0 radical (unpaired) electrons. The van der Waals surface area contributed by atoms with Crippen LogP contribution in [-0.4, -0.2) is 40.2 Å². The molecule has 1 N–H and O–H groups in total. The Morgan fingerprint density at radius 2 is 1.92 bits per heavy atom. The number of nitrogens with zero attached hydrogens (tertiary/aromatic N) is 3. The number of ether oxygens (including phenoxy) is 3. The summed E-state index contributed by atoms with van der Waals surface area (Å²) in [5.41, 5.74) is 3.08. The standard InChI is InChI=1S/C28H34N4O4S/c1-5-7-15-35-26(33)24-19(3)29-27-30-28(37-16-6-2)31-32(27)25(24)21-13-14-22(23(17-21)34-4)36-18-20-11-9-8-10-12-20/h8-14,17,25H,5-7,15-16,18H2,1-4H3,(H,29,30,31). The molecule has 1 aliphatic heterocycles. The number of allylic oxidation sites excluding steroid dienone is 1. The highest BCUT2D eigenvalue weighted by Gasteiger charge is 2.35. The molecule has 1 aliphatic rings. The molecule has 0 bridgehead atoms. The predicted molar refractivity (Wildman–Crippen MR) is 145 cm³/mol. The fraction of sp³-hybridized carbons (Fsp3) is 0.393. The van der Waals surface area contributed by atoms with Crippen molar-refractivity contribution in [2.24, 2.45) is 0 Å². The van der Waals surface area contributed by atoms with Crippen LogP contribution in [0.1, 0.15) is 57.2 Å². The first kappa shape index (κ1) is 26.6. The summed E-state index contributed by atoms with van der Waals surface area (Å²) in [5.74, 6) is 2.33. The SMILES string of the molecule is CCCCOC(=O)C1=C(C)Nc2nc(SCCC)nn2C1c1ccc(OCc2ccccc2)c(OC)c1. The van der Waals surface area contributed by atoms with Crippen LogP contribution in [0.5, 0.6) is 11.5 Å². The number of hydrogen-bond acceptors (Lipinski definition) is 8. The van der Waals surface area contributed by atoms with Crippen molar-refractivity contribution in [1.29, 1.82) is 0 Å². The molecule has 1 unspecified atom stereocenters. The molecule has 8 nitrogen and oxygen atoms in total. The summed E-state index contributed by atoms with van der Waals surface area (Å²) in [7, 11) is 1.61. The number of thioether (sulfide) groups is 1. The molecule has 0 spiro atoms. The van der Waals surface area contributed by atoms with Gasteiger partial charge in [-0.1, -0.05) is 68.4 Å². The van der Waals surface area contributed by atoms with Crippen molar-refractivity contribution in [3.05, 3.63) is 70.9 Å². The minimum absolute atomic E-state index is 0.365. The van der Waals surface area contributed by atoms with Gasteiger partial charge in [-0.15, -0.1) is 5.10 Å². The van der Waals surface area contributed by atoms with Gasteiger partial charge in [-0.3, -0.25) is 0 Å². The lowest BCUT2D eigenvalue weighted by Gasteiger charge is -2.28. The zero-order chi connectivity index (χ0) is 26.2. The molecule has 0 saturated carbocycles. The molecule has 0 saturated heterocycles. The molecule has 3 aromatic rings. The predicted octanol–water partition coefficient (Wildman–Crippen LogP) is 6.00. The first-order valence-electron chi connectivity index (χ1n) is 12.6. The number of hydrogen-bond donors (Lipinski definition) is 1. The third-order valence-corrected chi connectivity index (χ3v) is 7.00. The van der Waals surface area contributed by atoms with Gasteiger partial charge in [0.05, 0.1) is 19.3 Å². The van der Waals surface area contributed by atoms with E-state index in [0.29, 0.717) is 47.1 Å². The van der Waals surface area contributed by atoms with Crippen LogP contribution in [0.4, 0.5) is 5.95 Å². The Morgan fingerprint density at radius 1 is 1.11 bits per heavy atom. The van der Waals surface area contributed by atoms with Crippen molar-refractivity contribution in [3.8, 4) is 11.5 Å². The summed E-state index contributed by atoms with van der Waals surface area (Å²) in [5, 5.41) is 8.68.